The number of hydrogen-bond donors (Lipinski definition) is 0. The maximum atomic E-state index is 13.1. The monoisotopic (exact) mass is 560 g/mol. The number of ketones is 2. The molecule has 0 aliphatic heterocycles. The molecule has 3 saturated carbocycles. The van der Waals surface area contributed by atoms with Crippen LogP contribution in [-0.2, 0) is 14.0 Å². The Morgan fingerprint density at radius 1 is 0.707 bits per heavy atom. The third-order valence-electron chi connectivity index (χ3n) is 11.5. The highest BCUT2D eigenvalue weighted by molar-refractivity contribution is 7.07. The Hall–Kier alpha value is -3.08. The van der Waals surface area contributed by atoms with Crippen LogP contribution >= 0.6 is 0 Å². The minimum absolute atomic E-state index is 0.152. The quantitative estimate of drug-likeness (QED) is 0.285. The van der Waals surface area contributed by atoms with Gasteiger partial charge in [0.15, 0.2) is 5.78 Å². The first-order valence-corrected chi connectivity index (χ1v) is 17.5. The van der Waals surface area contributed by atoms with E-state index in [0.717, 1.165) is 44.9 Å². The molecule has 0 unspecified atom stereocenters. The molecule has 4 heteroatoms. The van der Waals surface area contributed by atoms with Gasteiger partial charge in [-0.1, -0.05) is 103 Å². The molecule has 4 aliphatic rings. The zero-order valence-electron chi connectivity index (χ0n) is 24.1. The predicted octanol–water partition coefficient (Wildman–Crippen LogP) is 5.75. The summed E-state index contributed by atoms with van der Waals surface area (Å²) >= 11 is 0. The van der Waals surface area contributed by atoms with Gasteiger partial charge in [0.2, 0.25) is 0 Å². The van der Waals surface area contributed by atoms with Crippen molar-refractivity contribution in [1.29, 1.82) is 0 Å². The zero-order valence-corrected chi connectivity index (χ0v) is 25.1. The second-order valence-electron chi connectivity index (χ2n) is 13.2. The Bertz CT molecular complexity index is 1370. The smallest absolute Gasteiger partial charge is 0.288 e. The summed E-state index contributed by atoms with van der Waals surface area (Å²) in [4.78, 5) is 25.9. The van der Waals surface area contributed by atoms with Crippen molar-refractivity contribution < 1.29 is 14.0 Å². The Morgan fingerprint density at radius 2 is 1.29 bits per heavy atom. The summed E-state index contributed by atoms with van der Waals surface area (Å²) in [6, 6.07) is 32.5. The van der Waals surface area contributed by atoms with E-state index in [9.17, 15) is 9.59 Å². The molecule has 3 nitrogen and oxygen atoms in total. The van der Waals surface area contributed by atoms with Crippen LogP contribution in [0.2, 0.25) is 0 Å². The summed E-state index contributed by atoms with van der Waals surface area (Å²) < 4.78 is 7.65. The molecule has 3 aromatic rings. The Morgan fingerprint density at radius 3 is 1.88 bits per heavy atom. The molecule has 0 radical (unpaired) electrons. The number of hydrogen-bond acceptors (Lipinski definition) is 3. The van der Waals surface area contributed by atoms with Crippen LogP contribution in [0, 0.1) is 28.6 Å². The Kier molecular flexibility index (Phi) is 6.75. The number of fused-ring (bicyclic) bond motifs is 5. The normalized spacial score (nSPS) is 31.1. The second kappa shape index (κ2) is 10.3. The van der Waals surface area contributed by atoms with Gasteiger partial charge in [0.25, 0.3) is 8.32 Å². The van der Waals surface area contributed by atoms with Gasteiger partial charge in [-0.3, -0.25) is 9.59 Å². The van der Waals surface area contributed by atoms with Crippen molar-refractivity contribution in [3.05, 3.63) is 103 Å². The third-order valence-corrected chi connectivity index (χ3v) is 15.5. The Balaban J connectivity index is 1.35. The second-order valence-corrected chi connectivity index (χ2v) is 16.6. The molecule has 0 N–H and O–H groups in total. The maximum absolute atomic E-state index is 13.1. The van der Waals surface area contributed by atoms with Crippen molar-refractivity contribution in [1.82, 2.24) is 0 Å². The van der Waals surface area contributed by atoms with Crippen LogP contribution in [-0.4, -0.2) is 26.5 Å². The van der Waals surface area contributed by atoms with E-state index in [2.05, 4.69) is 97.9 Å². The fourth-order valence-electron chi connectivity index (χ4n) is 9.41. The molecule has 41 heavy (non-hydrogen) atoms. The summed E-state index contributed by atoms with van der Waals surface area (Å²) in [7, 11) is -2.88. The van der Waals surface area contributed by atoms with Crippen molar-refractivity contribution in [2.75, 3.05) is 6.61 Å². The van der Waals surface area contributed by atoms with Gasteiger partial charge in [-0.15, -0.1) is 0 Å². The van der Waals surface area contributed by atoms with E-state index in [1.165, 1.54) is 21.1 Å². The molecule has 0 bridgehead atoms. The summed E-state index contributed by atoms with van der Waals surface area (Å²) in [6.45, 7) is 2.87. The van der Waals surface area contributed by atoms with Crippen LogP contribution < -0.4 is 15.6 Å². The van der Waals surface area contributed by atoms with Crippen molar-refractivity contribution in [2.24, 2.45) is 28.6 Å². The van der Waals surface area contributed by atoms with E-state index in [4.69, 9.17) is 4.43 Å². The summed E-state index contributed by atoms with van der Waals surface area (Å²) in [6.07, 6.45) is 9.28. The van der Waals surface area contributed by atoms with Crippen molar-refractivity contribution in [2.45, 2.75) is 58.3 Å². The summed E-state index contributed by atoms with van der Waals surface area (Å²) in [5.41, 5.74) is 1.01. The lowest BCUT2D eigenvalue weighted by Crippen LogP contribution is -2.70. The highest BCUT2D eigenvalue weighted by Gasteiger charge is 2.61. The van der Waals surface area contributed by atoms with Gasteiger partial charge in [-0.2, -0.15) is 0 Å². The first-order chi connectivity index (χ1) is 20.0. The topological polar surface area (TPSA) is 43.4 Å². The standard InChI is InChI=1S/C37H40O3Si/c1-36-23-22-34-32(33(36)19-20-35(36)39)18-17-27-25-28(38)21-24-37(27,34)26-40-41(29-11-5-2-6-12-29,30-13-7-3-8-14-30)31-15-9-4-10-16-31/h2-16,25,32-34H,17-24,26H2,1H3/t32-,33-,34+,36-,37+/m0/s1. The summed E-state index contributed by atoms with van der Waals surface area (Å²) in [5, 5.41) is 3.74. The minimum atomic E-state index is -2.88. The molecule has 4 aliphatic carbocycles. The van der Waals surface area contributed by atoms with Crippen LogP contribution in [0.3, 0.4) is 0 Å². The van der Waals surface area contributed by atoms with E-state index in [1.807, 2.05) is 6.08 Å². The highest BCUT2D eigenvalue weighted by atomic mass is 28.4. The molecule has 0 spiro atoms. The molecule has 3 aromatic carbocycles. The lowest BCUT2D eigenvalue weighted by atomic mass is 9.47. The molecular weight excluding hydrogens is 520 g/mol. The van der Waals surface area contributed by atoms with E-state index in [0.29, 0.717) is 36.6 Å². The van der Waals surface area contributed by atoms with Crippen LogP contribution in [0.15, 0.2) is 103 Å². The molecule has 0 amide bonds. The number of benzene rings is 3. The number of carbonyl (C=O) groups excluding carboxylic acids is 2. The lowest BCUT2D eigenvalue weighted by molar-refractivity contribution is -0.133. The average molecular weight is 561 g/mol. The molecule has 210 valence electrons. The van der Waals surface area contributed by atoms with Gasteiger partial charge in [0.05, 0.1) is 0 Å². The summed E-state index contributed by atoms with van der Waals surface area (Å²) in [5.74, 6) is 2.19. The van der Waals surface area contributed by atoms with Gasteiger partial charge in [0.1, 0.15) is 5.78 Å². The number of Topliss-reactive ketones (excluding diaryl/α,β-unsaturated/α-hetero) is 1. The first kappa shape index (κ1) is 26.8. The van der Waals surface area contributed by atoms with Gasteiger partial charge in [-0.25, -0.2) is 0 Å². The lowest BCUT2D eigenvalue weighted by Gasteiger charge is -2.58. The van der Waals surface area contributed by atoms with Crippen LogP contribution in [0.4, 0.5) is 0 Å². The van der Waals surface area contributed by atoms with E-state index in [-0.39, 0.29) is 16.6 Å². The number of rotatable bonds is 6. The minimum Gasteiger partial charge on any atom is -0.403 e. The predicted molar refractivity (Wildman–Crippen MR) is 166 cm³/mol. The van der Waals surface area contributed by atoms with Gasteiger partial charge >= 0.3 is 0 Å². The third kappa shape index (κ3) is 4.17. The molecule has 0 heterocycles. The van der Waals surface area contributed by atoms with Crippen molar-refractivity contribution in [3.8, 4) is 0 Å². The molecule has 3 fully saturated rings. The zero-order chi connectivity index (χ0) is 28.1. The molecule has 5 atom stereocenters. The number of carbonyl (C=O) groups is 2. The molecular formula is C37H40O3Si. The fourth-order valence-corrected chi connectivity index (χ4v) is 13.4. The highest BCUT2D eigenvalue weighted by Crippen LogP contribution is 2.64. The van der Waals surface area contributed by atoms with Crippen molar-refractivity contribution >= 4 is 35.4 Å². The van der Waals surface area contributed by atoms with Gasteiger partial charge in [-0.05, 0) is 77.9 Å². The van der Waals surface area contributed by atoms with Gasteiger partial charge in [0, 0.05) is 30.3 Å². The van der Waals surface area contributed by atoms with E-state index < -0.39 is 8.32 Å². The van der Waals surface area contributed by atoms with E-state index >= 15 is 0 Å². The van der Waals surface area contributed by atoms with Crippen molar-refractivity contribution in [3.63, 3.8) is 0 Å². The fraction of sp³-hybridized carbons (Fsp3) is 0.405. The maximum Gasteiger partial charge on any atom is 0.288 e. The van der Waals surface area contributed by atoms with Crippen LogP contribution in [0.1, 0.15) is 58.3 Å². The SMILES string of the molecule is C[C@]12CC[C@@H]3[C@@H](CCC4=CC(=O)CC[C@@]43CO[Si](c3ccccc3)(c3ccccc3)c3ccccc3)[C@@H]1CCC2=O. The van der Waals surface area contributed by atoms with Crippen LogP contribution in [0.5, 0.6) is 0 Å². The molecule has 0 aromatic heterocycles. The largest absolute Gasteiger partial charge is 0.403 e. The van der Waals surface area contributed by atoms with Gasteiger partial charge < -0.3 is 4.43 Å². The molecule has 7 rings (SSSR count). The van der Waals surface area contributed by atoms with Crippen LogP contribution in [0.25, 0.3) is 0 Å². The molecule has 0 saturated heterocycles. The first-order valence-electron chi connectivity index (χ1n) is 15.6. The Labute approximate surface area is 245 Å². The van der Waals surface area contributed by atoms with E-state index in [1.54, 1.807) is 0 Å². The average Bonchev–Trinajstić information content (AvgIpc) is 3.33.